The SMILES string of the molecule is Cc1ccc(C)c(C(=O)CNS(=O)(=O)c2ccn(C(C)C)n2)c1. The van der Waals surface area contributed by atoms with Gasteiger partial charge in [0.05, 0.1) is 6.54 Å². The Bertz CT molecular complexity index is 823. The van der Waals surface area contributed by atoms with Crippen molar-refractivity contribution in [3.8, 4) is 0 Å². The zero-order valence-electron chi connectivity index (χ0n) is 13.7. The summed E-state index contributed by atoms with van der Waals surface area (Å²) in [5, 5.41) is 3.94. The Kier molecular flexibility index (Phi) is 5.01. The van der Waals surface area contributed by atoms with Crippen LogP contribution in [0.5, 0.6) is 0 Å². The number of carbonyl (C=O) groups is 1. The van der Waals surface area contributed by atoms with Gasteiger partial charge in [-0.25, -0.2) is 13.1 Å². The predicted octanol–water partition coefficient (Wildman–Crippen LogP) is 2.24. The molecule has 2 aromatic rings. The Morgan fingerprint density at radius 1 is 1.26 bits per heavy atom. The Hall–Kier alpha value is -1.99. The van der Waals surface area contributed by atoms with Crippen LogP contribution < -0.4 is 4.72 Å². The first-order chi connectivity index (χ1) is 10.7. The Labute approximate surface area is 136 Å². The van der Waals surface area contributed by atoms with Gasteiger partial charge in [-0.3, -0.25) is 9.48 Å². The number of aryl methyl sites for hydroxylation is 2. The van der Waals surface area contributed by atoms with Crippen molar-refractivity contribution in [1.29, 1.82) is 0 Å². The number of Topliss-reactive ketones (excluding diaryl/α,β-unsaturated/α-hetero) is 1. The van der Waals surface area contributed by atoms with Crippen molar-refractivity contribution < 1.29 is 13.2 Å². The number of hydrogen-bond acceptors (Lipinski definition) is 4. The quantitative estimate of drug-likeness (QED) is 0.821. The van der Waals surface area contributed by atoms with E-state index in [4.69, 9.17) is 0 Å². The molecular weight excluding hydrogens is 314 g/mol. The number of hydrogen-bond donors (Lipinski definition) is 1. The molecule has 0 aliphatic rings. The first-order valence-electron chi connectivity index (χ1n) is 7.36. The number of aromatic nitrogens is 2. The van der Waals surface area contributed by atoms with Crippen molar-refractivity contribution >= 4 is 15.8 Å². The van der Waals surface area contributed by atoms with Gasteiger partial charge >= 0.3 is 0 Å². The largest absolute Gasteiger partial charge is 0.293 e. The summed E-state index contributed by atoms with van der Waals surface area (Å²) >= 11 is 0. The summed E-state index contributed by atoms with van der Waals surface area (Å²) in [7, 11) is -3.80. The minimum Gasteiger partial charge on any atom is -0.293 e. The molecule has 1 heterocycles. The third-order valence-corrected chi connectivity index (χ3v) is 4.80. The van der Waals surface area contributed by atoms with Crippen LogP contribution in [-0.4, -0.2) is 30.5 Å². The summed E-state index contributed by atoms with van der Waals surface area (Å²) in [6.07, 6.45) is 1.60. The maximum absolute atomic E-state index is 12.3. The number of carbonyl (C=O) groups excluding carboxylic acids is 1. The summed E-state index contributed by atoms with van der Waals surface area (Å²) in [5.74, 6) is -0.266. The van der Waals surface area contributed by atoms with Crippen LogP contribution in [0.15, 0.2) is 35.5 Å². The molecule has 0 fully saturated rings. The highest BCUT2D eigenvalue weighted by atomic mass is 32.2. The van der Waals surface area contributed by atoms with Gasteiger partial charge in [0.25, 0.3) is 10.0 Å². The van der Waals surface area contributed by atoms with Gasteiger partial charge in [0, 0.05) is 17.8 Å². The van der Waals surface area contributed by atoms with Gasteiger partial charge in [0.1, 0.15) is 0 Å². The fourth-order valence-electron chi connectivity index (χ4n) is 2.12. The number of benzene rings is 1. The standard InChI is InChI=1S/C16H21N3O3S/c1-11(2)19-8-7-16(18-19)23(21,22)17-10-15(20)14-9-12(3)5-6-13(14)4/h5-9,11,17H,10H2,1-4H3. The molecule has 0 radical (unpaired) electrons. The van der Waals surface area contributed by atoms with E-state index in [2.05, 4.69) is 9.82 Å². The number of rotatable bonds is 6. The van der Waals surface area contributed by atoms with E-state index in [1.807, 2.05) is 39.8 Å². The van der Waals surface area contributed by atoms with E-state index in [0.717, 1.165) is 11.1 Å². The van der Waals surface area contributed by atoms with Gasteiger partial charge in [-0.2, -0.15) is 5.10 Å². The molecule has 0 saturated heterocycles. The molecule has 0 atom stereocenters. The van der Waals surface area contributed by atoms with Crippen molar-refractivity contribution in [3.05, 3.63) is 47.2 Å². The summed E-state index contributed by atoms with van der Waals surface area (Å²) in [6, 6.07) is 7.01. The second-order valence-electron chi connectivity index (χ2n) is 5.79. The van der Waals surface area contributed by atoms with Crippen molar-refractivity contribution in [1.82, 2.24) is 14.5 Å². The normalized spacial score (nSPS) is 11.9. The number of sulfonamides is 1. The van der Waals surface area contributed by atoms with E-state index in [9.17, 15) is 13.2 Å². The molecule has 0 unspecified atom stereocenters. The van der Waals surface area contributed by atoms with E-state index in [1.54, 1.807) is 16.9 Å². The highest BCUT2D eigenvalue weighted by Crippen LogP contribution is 2.12. The Morgan fingerprint density at radius 2 is 1.96 bits per heavy atom. The van der Waals surface area contributed by atoms with E-state index < -0.39 is 10.0 Å². The van der Waals surface area contributed by atoms with Crippen molar-refractivity contribution in [2.75, 3.05) is 6.54 Å². The Morgan fingerprint density at radius 3 is 2.57 bits per heavy atom. The molecule has 0 saturated carbocycles. The van der Waals surface area contributed by atoms with Gasteiger partial charge in [-0.1, -0.05) is 17.7 Å². The average molecular weight is 335 g/mol. The lowest BCUT2D eigenvalue weighted by atomic mass is 10.0. The summed E-state index contributed by atoms with van der Waals surface area (Å²) in [6.45, 7) is 7.23. The zero-order chi connectivity index (χ0) is 17.2. The molecule has 1 aromatic carbocycles. The molecule has 1 N–H and O–H groups in total. The molecular formula is C16H21N3O3S. The van der Waals surface area contributed by atoms with E-state index >= 15 is 0 Å². The van der Waals surface area contributed by atoms with Gasteiger partial charge in [0.15, 0.2) is 10.8 Å². The molecule has 2 rings (SSSR count). The smallest absolute Gasteiger partial charge is 0.260 e. The molecule has 1 aromatic heterocycles. The van der Waals surface area contributed by atoms with Crippen LogP contribution >= 0.6 is 0 Å². The number of nitrogens with zero attached hydrogens (tertiary/aromatic N) is 2. The number of nitrogens with one attached hydrogen (secondary N) is 1. The first-order valence-corrected chi connectivity index (χ1v) is 8.84. The second-order valence-corrected chi connectivity index (χ2v) is 7.51. The fraction of sp³-hybridized carbons (Fsp3) is 0.375. The Balaban J connectivity index is 2.12. The molecule has 23 heavy (non-hydrogen) atoms. The maximum Gasteiger partial charge on any atom is 0.260 e. The van der Waals surface area contributed by atoms with E-state index in [1.165, 1.54) is 6.07 Å². The summed E-state index contributed by atoms with van der Waals surface area (Å²) < 4.78 is 28.3. The summed E-state index contributed by atoms with van der Waals surface area (Å²) in [4.78, 5) is 12.3. The van der Waals surface area contributed by atoms with E-state index in [-0.39, 0.29) is 23.4 Å². The zero-order valence-corrected chi connectivity index (χ0v) is 14.5. The maximum atomic E-state index is 12.3. The van der Waals surface area contributed by atoms with Crippen LogP contribution in [0.3, 0.4) is 0 Å². The predicted molar refractivity (Wildman–Crippen MR) is 88.0 cm³/mol. The van der Waals surface area contributed by atoms with Crippen molar-refractivity contribution in [3.63, 3.8) is 0 Å². The summed E-state index contributed by atoms with van der Waals surface area (Å²) in [5.41, 5.74) is 2.31. The molecule has 124 valence electrons. The highest BCUT2D eigenvalue weighted by molar-refractivity contribution is 7.89. The molecule has 0 bridgehead atoms. The van der Waals surface area contributed by atoms with Crippen molar-refractivity contribution in [2.24, 2.45) is 0 Å². The minimum atomic E-state index is -3.80. The lowest BCUT2D eigenvalue weighted by Crippen LogP contribution is -2.30. The monoisotopic (exact) mass is 335 g/mol. The van der Waals surface area contributed by atoms with Crippen LogP contribution in [0, 0.1) is 13.8 Å². The topological polar surface area (TPSA) is 81.1 Å². The van der Waals surface area contributed by atoms with Gasteiger partial charge in [-0.15, -0.1) is 0 Å². The van der Waals surface area contributed by atoms with Crippen molar-refractivity contribution in [2.45, 2.75) is 38.8 Å². The lowest BCUT2D eigenvalue weighted by Gasteiger charge is -2.08. The molecule has 7 heteroatoms. The average Bonchev–Trinajstić information content (AvgIpc) is 2.98. The van der Waals surface area contributed by atoms with E-state index in [0.29, 0.717) is 5.56 Å². The first kappa shape index (κ1) is 17.4. The number of ketones is 1. The van der Waals surface area contributed by atoms with Crippen LogP contribution in [-0.2, 0) is 10.0 Å². The fourth-order valence-corrected chi connectivity index (χ4v) is 3.03. The van der Waals surface area contributed by atoms with Gasteiger partial charge < -0.3 is 0 Å². The second kappa shape index (κ2) is 6.64. The molecule has 0 amide bonds. The molecule has 0 aliphatic carbocycles. The van der Waals surface area contributed by atoms with Gasteiger partial charge in [-0.05, 0) is 45.4 Å². The molecule has 0 aliphatic heterocycles. The lowest BCUT2D eigenvalue weighted by molar-refractivity contribution is 0.0996. The molecule has 0 spiro atoms. The van der Waals surface area contributed by atoms with Crippen LogP contribution in [0.2, 0.25) is 0 Å². The van der Waals surface area contributed by atoms with Gasteiger partial charge in [0.2, 0.25) is 0 Å². The molecule has 6 nitrogen and oxygen atoms in total. The van der Waals surface area contributed by atoms with Crippen LogP contribution in [0.25, 0.3) is 0 Å². The highest BCUT2D eigenvalue weighted by Gasteiger charge is 2.20. The van der Waals surface area contributed by atoms with Crippen LogP contribution in [0.1, 0.15) is 41.4 Å². The third kappa shape index (κ3) is 4.05. The third-order valence-electron chi connectivity index (χ3n) is 3.50. The minimum absolute atomic E-state index is 0.0653. The van der Waals surface area contributed by atoms with Crippen LogP contribution in [0.4, 0.5) is 0 Å².